The van der Waals surface area contributed by atoms with Gasteiger partial charge in [0.25, 0.3) is 5.91 Å². The molecule has 0 saturated carbocycles. The van der Waals surface area contributed by atoms with Crippen molar-refractivity contribution in [1.82, 2.24) is 14.7 Å². The van der Waals surface area contributed by atoms with Gasteiger partial charge in [-0.25, -0.2) is 0 Å². The number of furan rings is 1. The van der Waals surface area contributed by atoms with E-state index in [1.54, 1.807) is 16.9 Å². The lowest BCUT2D eigenvalue weighted by atomic mass is 10.2. The van der Waals surface area contributed by atoms with Gasteiger partial charge in [0.1, 0.15) is 10.8 Å². The van der Waals surface area contributed by atoms with Crippen LogP contribution in [0.2, 0.25) is 10.0 Å². The Balaban J connectivity index is 1.39. The zero-order valence-electron chi connectivity index (χ0n) is 15.2. The smallest absolute Gasteiger partial charge is 0.292 e. The van der Waals surface area contributed by atoms with Crippen molar-refractivity contribution < 1.29 is 9.21 Å². The number of benzene rings is 1. The number of nitrogens with zero attached hydrogens (tertiary/aromatic N) is 3. The van der Waals surface area contributed by atoms with E-state index in [-0.39, 0.29) is 11.7 Å². The first-order chi connectivity index (χ1) is 13.6. The van der Waals surface area contributed by atoms with Gasteiger partial charge in [-0.05, 0) is 55.8 Å². The third-order valence-electron chi connectivity index (χ3n) is 4.67. The molecule has 2 aromatic heterocycles. The van der Waals surface area contributed by atoms with Crippen molar-refractivity contribution in [3.63, 3.8) is 0 Å². The van der Waals surface area contributed by atoms with Crippen molar-refractivity contribution in [3.8, 4) is 0 Å². The Bertz CT molecular complexity index is 959. The Labute approximate surface area is 173 Å². The molecule has 0 spiro atoms. The highest BCUT2D eigenvalue weighted by Crippen LogP contribution is 2.22. The molecule has 1 saturated heterocycles. The van der Waals surface area contributed by atoms with Crippen LogP contribution in [-0.2, 0) is 13.1 Å². The average molecular weight is 419 g/mol. The molecule has 1 aromatic carbocycles. The predicted octanol–water partition coefficient (Wildman–Crippen LogP) is 4.68. The van der Waals surface area contributed by atoms with E-state index >= 15 is 0 Å². The summed E-state index contributed by atoms with van der Waals surface area (Å²) in [5, 5.41) is 8.12. The van der Waals surface area contributed by atoms with Crippen LogP contribution in [0, 0.1) is 0 Å². The topological polar surface area (TPSA) is 63.3 Å². The van der Waals surface area contributed by atoms with Crippen molar-refractivity contribution in [3.05, 3.63) is 69.7 Å². The summed E-state index contributed by atoms with van der Waals surface area (Å²) >= 11 is 12.1. The fourth-order valence-electron chi connectivity index (χ4n) is 3.25. The highest BCUT2D eigenvalue weighted by molar-refractivity contribution is 6.33. The molecule has 1 N–H and O–H groups in total. The van der Waals surface area contributed by atoms with Gasteiger partial charge in [-0.2, -0.15) is 5.10 Å². The molecule has 0 unspecified atom stereocenters. The van der Waals surface area contributed by atoms with Gasteiger partial charge in [-0.1, -0.05) is 35.3 Å². The van der Waals surface area contributed by atoms with Crippen molar-refractivity contribution in [2.75, 3.05) is 18.4 Å². The maximum atomic E-state index is 12.5. The second-order valence-electron chi connectivity index (χ2n) is 6.85. The number of carbonyl (C=O) groups is 1. The van der Waals surface area contributed by atoms with Gasteiger partial charge in [0, 0.05) is 11.2 Å². The molecule has 1 fully saturated rings. The van der Waals surface area contributed by atoms with E-state index in [0.29, 0.717) is 22.4 Å². The van der Waals surface area contributed by atoms with E-state index in [4.69, 9.17) is 27.6 Å². The third kappa shape index (κ3) is 4.58. The second kappa shape index (κ2) is 8.39. The number of nitrogens with one attached hydrogen (secondary N) is 1. The highest BCUT2D eigenvalue weighted by Gasteiger charge is 2.18. The van der Waals surface area contributed by atoms with Gasteiger partial charge >= 0.3 is 0 Å². The van der Waals surface area contributed by atoms with Crippen LogP contribution in [0.4, 0.5) is 5.82 Å². The van der Waals surface area contributed by atoms with Crippen LogP contribution in [0.15, 0.2) is 47.0 Å². The van der Waals surface area contributed by atoms with Crippen LogP contribution in [0.5, 0.6) is 0 Å². The third-order valence-corrected chi connectivity index (χ3v) is 5.20. The van der Waals surface area contributed by atoms with Crippen molar-refractivity contribution in [2.45, 2.75) is 25.9 Å². The van der Waals surface area contributed by atoms with E-state index in [9.17, 15) is 4.79 Å². The minimum Gasteiger partial charge on any atom is -0.455 e. The number of rotatable bonds is 6. The number of carbonyl (C=O) groups excluding carboxylic acids is 1. The summed E-state index contributed by atoms with van der Waals surface area (Å²) in [4.78, 5) is 14.8. The molecule has 6 nitrogen and oxygen atoms in total. The maximum Gasteiger partial charge on any atom is 0.292 e. The van der Waals surface area contributed by atoms with Crippen LogP contribution >= 0.6 is 23.2 Å². The maximum absolute atomic E-state index is 12.5. The van der Waals surface area contributed by atoms with Gasteiger partial charge in [-0.3, -0.25) is 14.4 Å². The second-order valence-corrected chi connectivity index (χ2v) is 7.70. The lowest BCUT2D eigenvalue weighted by Gasteiger charge is -2.11. The van der Waals surface area contributed by atoms with Crippen LogP contribution < -0.4 is 5.32 Å². The molecule has 28 heavy (non-hydrogen) atoms. The molecule has 4 rings (SSSR count). The first kappa shape index (κ1) is 19.1. The van der Waals surface area contributed by atoms with Crippen LogP contribution in [-0.4, -0.2) is 33.7 Å². The summed E-state index contributed by atoms with van der Waals surface area (Å²) in [5.74, 6) is 0.966. The Morgan fingerprint density at radius 2 is 1.82 bits per heavy atom. The Hall–Kier alpha value is -2.28. The number of halogens is 2. The molecule has 146 valence electrons. The molecule has 1 amide bonds. The summed E-state index contributed by atoms with van der Waals surface area (Å²) in [5.41, 5.74) is 1.03. The predicted molar refractivity (Wildman–Crippen MR) is 109 cm³/mol. The standard InChI is InChI=1S/C20H20Cl2N4O2/c21-15-5-3-14(4-6-15)11-26-13-17(22)19(24-26)23-20(27)18-8-7-16(28-18)12-25-9-1-2-10-25/h3-8,13H,1-2,9-12H2,(H,23,24,27). The Kier molecular flexibility index (Phi) is 5.71. The molecule has 1 aliphatic heterocycles. The van der Waals surface area contributed by atoms with Gasteiger partial charge in [0.15, 0.2) is 11.6 Å². The van der Waals surface area contributed by atoms with Crippen LogP contribution in [0.1, 0.15) is 34.7 Å². The van der Waals surface area contributed by atoms with E-state index in [1.165, 1.54) is 12.8 Å². The first-order valence-electron chi connectivity index (χ1n) is 9.16. The van der Waals surface area contributed by atoms with Gasteiger partial charge in [-0.15, -0.1) is 0 Å². The minimum atomic E-state index is -0.369. The summed E-state index contributed by atoms with van der Waals surface area (Å²) < 4.78 is 7.36. The van der Waals surface area contributed by atoms with Gasteiger partial charge in [0.2, 0.25) is 0 Å². The Morgan fingerprint density at radius 1 is 1.07 bits per heavy atom. The number of amides is 1. The number of aromatic nitrogens is 2. The summed E-state index contributed by atoms with van der Waals surface area (Å²) in [6, 6.07) is 11.0. The number of anilines is 1. The Morgan fingerprint density at radius 3 is 2.57 bits per heavy atom. The largest absolute Gasteiger partial charge is 0.455 e. The highest BCUT2D eigenvalue weighted by atomic mass is 35.5. The molecule has 0 atom stereocenters. The molecular formula is C20H20Cl2N4O2. The van der Waals surface area contributed by atoms with E-state index in [0.717, 1.165) is 31.0 Å². The molecule has 3 heterocycles. The zero-order valence-corrected chi connectivity index (χ0v) is 16.7. The van der Waals surface area contributed by atoms with Crippen molar-refractivity contribution in [1.29, 1.82) is 0 Å². The van der Waals surface area contributed by atoms with Crippen LogP contribution in [0.3, 0.4) is 0 Å². The average Bonchev–Trinajstić information content (AvgIpc) is 3.41. The monoisotopic (exact) mass is 418 g/mol. The number of hydrogen-bond donors (Lipinski definition) is 1. The number of likely N-dealkylation sites (tertiary alicyclic amines) is 1. The molecule has 0 bridgehead atoms. The van der Waals surface area contributed by atoms with E-state index in [1.807, 2.05) is 30.3 Å². The SMILES string of the molecule is O=C(Nc1nn(Cc2ccc(Cl)cc2)cc1Cl)c1ccc(CN2CCCC2)o1. The minimum absolute atomic E-state index is 0.248. The summed E-state index contributed by atoms with van der Waals surface area (Å²) in [7, 11) is 0. The summed E-state index contributed by atoms with van der Waals surface area (Å²) in [6.07, 6.45) is 4.10. The fourth-order valence-corrected chi connectivity index (χ4v) is 3.58. The molecule has 3 aromatic rings. The molecule has 0 radical (unpaired) electrons. The normalized spacial score (nSPS) is 14.5. The zero-order chi connectivity index (χ0) is 19.5. The fraction of sp³-hybridized carbons (Fsp3) is 0.300. The van der Waals surface area contributed by atoms with Crippen LogP contribution in [0.25, 0.3) is 0 Å². The van der Waals surface area contributed by atoms with E-state index < -0.39 is 0 Å². The lowest BCUT2D eigenvalue weighted by molar-refractivity contribution is 0.0993. The molecular weight excluding hydrogens is 399 g/mol. The van der Waals surface area contributed by atoms with E-state index in [2.05, 4.69) is 15.3 Å². The first-order valence-corrected chi connectivity index (χ1v) is 9.92. The summed E-state index contributed by atoms with van der Waals surface area (Å²) in [6.45, 7) is 3.39. The molecule has 0 aliphatic carbocycles. The van der Waals surface area contributed by atoms with Crippen molar-refractivity contribution >= 4 is 34.9 Å². The quantitative estimate of drug-likeness (QED) is 0.630. The lowest BCUT2D eigenvalue weighted by Crippen LogP contribution is -2.18. The number of hydrogen-bond acceptors (Lipinski definition) is 4. The molecule has 1 aliphatic rings. The van der Waals surface area contributed by atoms with Gasteiger partial charge in [0.05, 0.1) is 13.1 Å². The molecule has 8 heteroatoms. The van der Waals surface area contributed by atoms with Crippen molar-refractivity contribution in [2.24, 2.45) is 0 Å². The van der Waals surface area contributed by atoms with Gasteiger partial charge < -0.3 is 9.73 Å².